The molecule has 0 radical (unpaired) electrons. The van der Waals surface area contributed by atoms with E-state index in [0.29, 0.717) is 42.1 Å². The first-order valence-electron chi connectivity index (χ1n) is 12.5. The van der Waals surface area contributed by atoms with Gasteiger partial charge < -0.3 is 20.0 Å². The minimum Gasteiger partial charge on any atom is -0.394 e. The number of para-hydroxylation sites is 1. The van der Waals surface area contributed by atoms with E-state index in [1.807, 2.05) is 30.3 Å². The maximum atomic E-state index is 13.8. The Morgan fingerprint density at radius 2 is 1.92 bits per heavy atom. The number of carbonyl (C=O) groups is 3. The number of aliphatic hydroxyl groups is 2. The number of fused-ring (bicyclic) bond motifs is 1. The van der Waals surface area contributed by atoms with E-state index in [0.717, 1.165) is 12.8 Å². The van der Waals surface area contributed by atoms with Crippen LogP contribution in [-0.2, 0) is 20.0 Å². The van der Waals surface area contributed by atoms with Crippen LogP contribution in [0.4, 0.5) is 17.1 Å². The highest BCUT2D eigenvalue weighted by Gasteiger charge is 2.53. The van der Waals surface area contributed by atoms with E-state index in [2.05, 4.69) is 0 Å². The number of benzene rings is 2. The van der Waals surface area contributed by atoms with Crippen molar-refractivity contribution < 1.29 is 24.6 Å². The summed E-state index contributed by atoms with van der Waals surface area (Å²) in [5, 5.41) is 21.5. The zero-order chi connectivity index (χ0) is 25.4. The van der Waals surface area contributed by atoms with Crippen molar-refractivity contribution in [2.24, 2.45) is 5.92 Å². The molecule has 0 spiro atoms. The number of rotatable bonds is 7. The van der Waals surface area contributed by atoms with E-state index in [1.165, 1.54) is 4.90 Å². The molecule has 2 aromatic carbocycles. The largest absolute Gasteiger partial charge is 0.394 e. The lowest BCUT2D eigenvalue weighted by molar-refractivity contribution is -0.138. The molecule has 0 aromatic heterocycles. The molecule has 2 fully saturated rings. The van der Waals surface area contributed by atoms with Crippen molar-refractivity contribution in [2.75, 3.05) is 29.5 Å². The standard InChI is InChI=1S/C28H31N3O5/c1-19(7-5-11-25(33)29-15-6-10-22(29)18-32)28(36)23-17-21(30-16-14-26(30)34)12-13-24(23)31(27(28)35)20-8-3-2-4-9-20/h2-5,7-9,12-13,17,19,22,32,36H,6,10-11,14-16,18H2,1H3/b7-5+/t19-,22+,28+/m1/s1. The van der Waals surface area contributed by atoms with Gasteiger partial charge in [-0.1, -0.05) is 37.3 Å². The molecule has 2 aromatic rings. The second kappa shape index (κ2) is 9.52. The Balaban J connectivity index is 1.45. The van der Waals surface area contributed by atoms with Crippen molar-refractivity contribution in [2.45, 2.75) is 44.2 Å². The van der Waals surface area contributed by atoms with E-state index in [1.54, 1.807) is 47.1 Å². The molecule has 8 heteroatoms. The monoisotopic (exact) mass is 489 g/mol. The molecular formula is C28H31N3O5. The van der Waals surface area contributed by atoms with Gasteiger partial charge in [0, 0.05) is 48.8 Å². The van der Waals surface area contributed by atoms with Crippen molar-refractivity contribution in [3.63, 3.8) is 0 Å². The normalized spacial score (nSPS) is 24.4. The number of hydrogen-bond donors (Lipinski definition) is 2. The summed E-state index contributed by atoms with van der Waals surface area (Å²) in [4.78, 5) is 43.4. The van der Waals surface area contributed by atoms with Crippen LogP contribution in [0.3, 0.4) is 0 Å². The second-order valence-corrected chi connectivity index (χ2v) is 9.73. The van der Waals surface area contributed by atoms with Crippen LogP contribution in [0.15, 0.2) is 60.7 Å². The quantitative estimate of drug-likeness (QED) is 0.460. The minimum absolute atomic E-state index is 0.0114. The molecule has 3 aliphatic heterocycles. The third-order valence-corrected chi connectivity index (χ3v) is 7.62. The first-order valence-corrected chi connectivity index (χ1v) is 12.5. The fraction of sp³-hybridized carbons (Fsp3) is 0.393. The van der Waals surface area contributed by atoms with Crippen molar-refractivity contribution in [1.82, 2.24) is 4.90 Å². The molecule has 3 aliphatic rings. The molecule has 36 heavy (non-hydrogen) atoms. The molecule has 0 unspecified atom stereocenters. The summed E-state index contributed by atoms with van der Waals surface area (Å²) in [6.07, 6.45) is 5.68. The summed E-state index contributed by atoms with van der Waals surface area (Å²) in [6, 6.07) is 14.3. The van der Waals surface area contributed by atoms with Gasteiger partial charge in [-0.05, 0) is 43.2 Å². The maximum Gasteiger partial charge on any atom is 0.268 e. The third kappa shape index (κ3) is 3.90. The van der Waals surface area contributed by atoms with Crippen molar-refractivity contribution in [1.29, 1.82) is 0 Å². The van der Waals surface area contributed by atoms with Crippen LogP contribution >= 0.6 is 0 Å². The average Bonchev–Trinajstić information content (AvgIpc) is 3.45. The Labute approximate surface area is 210 Å². The smallest absolute Gasteiger partial charge is 0.268 e. The lowest BCUT2D eigenvalue weighted by Crippen LogP contribution is -2.44. The van der Waals surface area contributed by atoms with Crippen LogP contribution in [-0.4, -0.2) is 58.6 Å². The van der Waals surface area contributed by atoms with Gasteiger partial charge in [-0.3, -0.25) is 19.3 Å². The Morgan fingerprint density at radius 1 is 1.14 bits per heavy atom. The lowest BCUT2D eigenvalue weighted by Gasteiger charge is -2.32. The molecule has 0 bridgehead atoms. The number of hydrogen-bond acceptors (Lipinski definition) is 5. The van der Waals surface area contributed by atoms with Gasteiger partial charge in [-0.2, -0.15) is 0 Å². The van der Waals surface area contributed by atoms with Crippen LogP contribution in [0, 0.1) is 5.92 Å². The van der Waals surface area contributed by atoms with E-state index >= 15 is 0 Å². The molecular weight excluding hydrogens is 458 g/mol. The van der Waals surface area contributed by atoms with Crippen LogP contribution in [0.1, 0.15) is 38.2 Å². The summed E-state index contributed by atoms with van der Waals surface area (Å²) < 4.78 is 0. The van der Waals surface area contributed by atoms with Crippen LogP contribution in [0.25, 0.3) is 0 Å². The molecule has 188 valence electrons. The number of anilines is 3. The zero-order valence-electron chi connectivity index (χ0n) is 20.3. The predicted octanol–water partition coefficient (Wildman–Crippen LogP) is 2.85. The SMILES string of the molecule is C[C@H](/C=C/CC(=O)N1CCC[C@H]1CO)[C@@]1(O)C(=O)N(c2ccccc2)c2ccc(N3CCC3=O)cc21. The van der Waals surface area contributed by atoms with Crippen LogP contribution < -0.4 is 9.80 Å². The highest BCUT2D eigenvalue weighted by atomic mass is 16.3. The highest BCUT2D eigenvalue weighted by Crippen LogP contribution is 2.49. The van der Waals surface area contributed by atoms with Crippen molar-refractivity contribution in [3.8, 4) is 0 Å². The number of carbonyl (C=O) groups excluding carboxylic acids is 3. The van der Waals surface area contributed by atoms with E-state index in [4.69, 9.17) is 0 Å². The van der Waals surface area contributed by atoms with E-state index < -0.39 is 17.4 Å². The molecule has 2 N–H and O–H groups in total. The van der Waals surface area contributed by atoms with Gasteiger partial charge in [-0.15, -0.1) is 0 Å². The Kier molecular flexibility index (Phi) is 6.40. The zero-order valence-corrected chi connectivity index (χ0v) is 20.3. The Bertz CT molecular complexity index is 1210. The first-order chi connectivity index (χ1) is 17.4. The fourth-order valence-corrected chi connectivity index (χ4v) is 5.43. The molecule has 0 saturated carbocycles. The number of amides is 3. The fourth-order valence-electron chi connectivity index (χ4n) is 5.43. The number of β-lactam (4-membered cyclic amide) rings is 1. The van der Waals surface area contributed by atoms with E-state index in [9.17, 15) is 24.6 Å². The second-order valence-electron chi connectivity index (χ2n) is 9.73. The number of aliphatic hydroxyl groups excluding tert-OH is 1. The summed E-state index contributed by atoms with van der Waals surface area (Å²) in [7, 11) is 0. The Morgan fingerprint density at radius 3 is 2.58 bits per heavy atom. The number of likely N-dealkylation sites (tertiary alicyclic amines) is 1. The van der Waals surface area contributed by atoms with Gasteiger partial charge in [0.1, 0.15) is 0 Å². The first kappa shape index (κ1) is 24.2. The predicted molar refractivity (Wildman–Crippen MR) is 136 cm³/mol. The number of nitrogens with zero attached hydrogens (tertiary/aromatic N) is 3. The molecule has 3 heterocycles. The maximum absolute atomic E-state index is 13.8. The van der Waals surface area contributed by atoms with Gasteiger partial charge in [-0.25, -0.2) is 0 Å². The summed E-state index contributed by atoms with van der Waals surface area (Å²) in [5.41, 5.74) is 0.446. The molecule has 0 aliphatic carbocycles. The van der Waals surface area contributed by atoms with Crippen LogP contribution in [0.2, 0.25) is 0 Å². The molecule has 5 rings (SSSR count). The van der Waals surface area contributed by atoms with Gasteiger partial charge in [0.25, 0.3) is 5.91 Å². The topological polar surface area (TPSA) is 101 Å². The lowest BCUT2D eigenvalue weighted by atomic mass is 9.82. The van der Waals surface area contributed by atoms with Crippen molar-refractivity contribution >= 4 is 34.8 Å². The minimum atomic E-state index is -1.87. The van der Waals surface area contributed by atoms with Gasteiger partial charge >= 0.3 is 0 Å². The molecule has 3 atom stereocenters. The van der Waals surface area contributed by atoms with Crippen LogP contribution in [0.5, 0.6) is 0 Å². The summed E-state index contributed by atoms with van der Waals surface area (Å²) in [5.74, 6) is -1.18. The van der Waals surface area contributed by atoms with Crippen molar-refractivity contribution in [3.05, 3.63) is 66.2 Å². The molecule has 2 saturated heterocycles. The Hall–Kier alpha value is -3.49. The van der Waals surface area contributed by atoms with Gasteiger partial charge in [0.2, 0.25) is 11.8 Å². The summed E-state index contributed by atoms with van der Waals surface area (Å²) in [6.45, 7) is 2.95. The van der Waals surface area contributed by atoms with E-state index in [-0.39, 0.29) is 30.9 Å². The highest BCUT2D eigenvalue weighted by molar-refractivity contribution is 6.13. The average molecular weight is 490 g/mol. The summed E-state index contributed by atoms with van der Waals surface area (Å²) >= 11 is 0. The molecule has 8 nitrogen and oxygen atoms in total. The van der Waals surface area contributed by atoms with Gasteiger partial charge in [0.15, 0.2) is 5.60 Å². The third-order valence-electron chi connectivity index (χ3n) is 7.62. The molecule has 3 amide bonds. The van der Waals surface area contributed by atoms with Gasteiger partial charge in [0.05, 0.1) is 18.3 Å².